The van der Waals surface area contributed by atoms with Crippen LogP contribution in [0.15, 0.2) is 12.3 Å². The van der Waals surface area contributed by atoms with Gasteiger partial charge in [-0.2, -0.15) is 0 Å². The quantitative estimate of drug-likeness (QED) is 0.846. The summed E-state index contributed by atoms with van der Waals surface area (Å²) in [5.41, 5.74) is 0.292. The molecule has 2 amide bonds. The van der Waals surface area contributed by atoms with Gasteiger partial charge in [0.1, 0.15) is 5.15 Å². The zero-order valence-electron chi connectivity index (χ0n) is 10.7. The summed E-state index contributed by atoms with van der Waals surface area (Å²) in [5, 5.41) is 3.04. The van der Waals surface area contributed by atoms with Gasteiger partial charge < -0.3 is 10.2 Å². The van der Waals surface area contributed by atoms with Crippen molar-refractivity contribution >= 4 is 35.0 Å². The van der Waals surface area contributed by atoms with E-state index in [0.29, 0.717) is 12.1 Å². The second kappa shape index (κ2) is 7.31. The zero-order valence-corrected chi connectivity index (χ0v) is 12.3. The molecular weight excluding hydrogens is 289 g/mol. The van der Waals surface area contributed by atoms with Gasteiger partial charge in [0.25, 0.3) is 5.91 Å². The molecule has 0 aromatic carbocycles. The summed E-state index contributed by atoms with van der Waals surface area (Å²) >= 11 is 11.5. The molecule has 0 aliphatic carbocycles. The fraction of sp³-hybridized carbons (Fsp3) is 0.417. The molecule has 1 heterocycles. The lowest BCUT2D eigenvalue weighted by Gasteiger charge is -2.16. The van der Waals surface area contributed by atoms with Crippen molar-refractivity contribution in [2.75, 3.05) is 20.1 Å². The SMILES string of the molecule is CCCNC(=O)CN(C)C(=O)c1cnc(Cl)c(Cl)c1. The van der Waals surface area contributed by atoms with Crippen LogP contribution in [0.5, 0.6) is 0 Å². The first kappa shape index (κ1) is 15.7. The summed E-state index contributed by atoms with van der Waals surface area (Å²) in [6.07, 6.45) is 2.18. The van der Waals surface area contributed by atoms with E-state index < -0.39 is 0 Å². The third kappa shape index (κ3) is 4.69. The van der Waals surface area contributed by atoms with Crippen LogP contribution in [0.2, 0.25) is 10.2 Å². The molecule has 104 valence electrons. The highest BCUT2D eigenvalue weighted by molar-refractivity contribution is 6.41. The average molecular weight is 304 g/mol. The minimum Gasteiger partial charge on any atom is -0.355 e. The molecule has 0 radical (unpaired) electrons. The number of rotatable bonds is 5. The number of carbonyl (C=O) groups is 2. The molecule has 0 fully saturated rings. The number of carbonyl (C=O) groups excluding carboxylic acids is 2. The largest absolute Gasteiger partial charge is 0.355 e. The van der Waals surface area contributed by atoms with Crippen molar-refractivity contribution in [2.45, 2.75) is 13.3 Å². The molecule has 1 aromatic rings. The third-order valence-electron chi connectivity index (χ3n) is 2.34. The van der Waals surface area contributed by atoms with Gasteiger partial charge in [0.2, 0.25) is 5.91 Å². The minimum absolute atomic E-state index is 0.0148. The number of aromatic nitrogens is 1. The molecule has 0 unspecified atom stereocenters. The Morgan fingerprint density at radius 3 is 2.68 bits per heavy atom. The summed E-state index contributed by atoms with van der Waals surface area (Å²) in [4.78, 5) is 28.6. The number of pyridine rings is 1. The average Bonchev–Trinajstić information content (AvgIpc) is 2.38. The first-order valence-electron chi connectivity index (χ1n) is 5.79. The van der Waals surface area contributed by atoms with Crippen molar-refractivity contribution in [1.29, 1.82) is 0 Å². The second-order valence-electron chi connectivity index (χ2n) is 4.01. The summed E-state index contributed by atoms with van der Waals surface area (Å²) in [5.74, 6) is -0.538. The Bertz CT molecular complexity index is 480. The number of amides is 2. The Kier molecular flexibility index (Phi) is 6.05. The van der Waals surface area contributed by atoms with E-state index in [1.807, 2.05) is 6.92 Å². The van der Waals surface area contributed by atoms with Gasteiger partial charge in [-0.3, -0.25) is 9.59 Å². The fourth-order valence-electron chi connectivity index (χ4n) is 1.37. The zero-order chi connectivity index (χ0) is 14.4. The predicted octanol–water partition coefficient (Wildman–Crippen LogP) is 1.99. The first-order chi connectivity index (χ1) is 8.95. The van der Waals surface area contributed by atoms with Crippen LogP contribution in [0, 0.1) is 0 Å². The number of halogens is 2. The molecule has 1 N–H and O–H groups in total. The molecule has 5 nitrogen and oxygen atoms in total. The van der Waals surface area contributed by atoms with Crippen LogP contribution in [-0.2, 0) is 4.79 Å². The van der Waals surface area contributed by atoms with Crippen LogP contribution >= 0.6 is 23.2 Å². The molecule has 0 bridgehead atoms. The van der Waals surface area contributed by atoms with Gasteiger partial charge in [0.15, 0.2) is 0 Å². The number of nitrogens with one attached hydrogen (secondary N) is 1. The van der Waals surface area contributed by atoms with E-state index >= 15 is 0 Å². The molecule has 0 spiro atoms. The predicted molar refractivity (Wildman–Crippen MR) is 74.5 cm³/mol. The van der Waals surface area contributed by atoms with Gasteiger partial charge in [-0.15, -0.1) is 0 Å². The third-order valence-corrected chi connectivity index (χ3v) is 3.03. The van der Waals surface area contributed by atoms with Crippen molar-refractivity contribution in [3.8, 4) is 0 Å². The normalized spacial score (nSPS) is 10.1. The number of nitrogens with zero attached hydrogens (tertiary/aromatic N) is 2. The topological polar surface area (TPSA) is 62.3 Å². The molecule has 0 aliphatic heterocycles. The van der Waals surface area contributed by atoms with E-state index in [-0.39, 0.29) is 28.5 Å². The smallest absolute Gasteiger partial charge is 0.255 e. The van der Waals surface area contributed by atoms with Gasteiger partial charge in [0.05, 0.1) is 17.1 Å². The van der Waals surface area contributed by atoms with Gasteiger partial charge in [-0.1, -0.05) is 30.1 Å². The lowest BCUT2D eigenvalue weighted by atomic mass is 10.2. The Hall–Kier alpha value is -1.33. The fourth-order valence-corrected chi connectivity index (χ4v) is 1.64. The Morgan fingerprint density at radius 2 is 2.11 bits per heavy atom. The van der Waals surface area contributed by atoms with E-state index in [9.17, 15) is 9.59 Å². The summed E-state index contributed by atoms with van der Waals surface area (Å²) in [6, 6.07) is 1.43. The lowest BCUT2D eigenvalue weighted by molar-refractivity contribution is -0.121. The second-order valence-corrected chi connectivity index (χ2v) is 4.77. The highest BCUT2D eigenvalue weighted by Crippen LogP contribution is 2.20. The van der Waals surface area contributed by atoms with E-state index in [4.69, 9.17) is 23.2 Å². The van der Waals surface area contributed by atoms with E-state index in [1.54, 1.807) is 0 Å². The van der Waals surface area contributed by atoms with Crippen molar-refractivity contribution in [1.82, 2.24) is 15.2 Å². The van der Waals surface area contributed by atoms with Gasteiger partial charge in [0, 0.05) is 19.8 Å². The number of hydrogen-bond acceptors (Lipinski definition) is 3. The molecule has 1 rings (SSSR count). The molecular formula is C12H15Cl2N3O2. The van der Waals surface area contributed by atoms with Crippen LogP contribution in [0.1, 0.15) is 23.7 Å². The van der Waals surface area contributed by atoms with Crippen LogP contribution in [-0.4, -0.2) is 41.8 Å². The van der Waals surface area contributed by atoms with Gasteiger partial charge >= 0.3 is 0 Å². The molecule has 0 saturated carbocycles. The highest BCUT2D eigenvalue weighted by Gasteiger charge is 2.16. The molecule has 1 aromatic heterocycles. The van der Waals surface area contributed by atoms with Crippen molar-refractivity contribution in [2.24, 2.45) is 0 Å². The maximum atomic E-state index is 12.0. The Morgan fingerprint density at radius 1 is 1.42 bits per heavy atom. The van der Waals surface area contributed by atoms with Crippen LogP contribution in [0.4, 0.5) is 0 Å². The standard InChI is InChI=1S/C12H15Cl2N3O2/c1-3-4-15-10(18)7-17(2)12(19)8-5-9(13)11(14)16-6-8/h5-6H,3-4,7H2,1-2H3,(H,15,18). The van der Waals surface area contributed by atoms with Crippen molar-refractivity contribution < 1.29 is 9.59 Å². The minimum atomic E-state index is -0.335. The molecule has 19 heavy (non-hydrogen) atoms. The number of hydrogen-bond donors (Lipinski definition) is 1. The van der Waals surface area contributed by atoms with E-state index in [1.165, 1.54) is 24.2 Å². The maximum Gasteiger partial charge on any atom is 0.255 e. The molecule has 0 aliphatic rings. The van der Waals surface area contributed by atoms with Crippen molar-refractivity contribution in [3.05, 3.63) is 28.0 Å². The monoisotopic (exact) mass is 303 g/mol. The van der Waals surface area contributed by atoms with Gasteiger partial charge in [-0.05, 0) is 12.5 Å². The van der Waals surface area contributed by atoms with E-state index in [0.717, 1.165) is 6.42 Å². The maximum absolute atomic E-state index is 12.0. The van der Waals surface area contributed by atoms with Crippen LogP contribution < -0.4 is 5.32 Å². The van der Waals surface area contributed by atoms with Crippen LogP contribution in [0.3, 0.4) is 0 Å². The first-order valence-corrected chi connectivity index (χ1v) is 6.54. The summed E-state index contributed by atoms with van der Waals surface area (Å²) < 4.78 is 0. The molecule has 7 heteroatoms. The molecule has 0 saturated heterocycles. The van der Waals surface area contributed by atoms with E-state index in [2.05, 4.69) is 10.3 Å². The van der Waals surface area contributed by atoms with Crippen molar-refractivity contribution in [3.63, 3.8) is 0 Å². The highest BCUT2D eigenvalue weighted by atomic mass is 35.5. The Labute approximate surface area is 121 Å². The van der Waals surface area contributed by atoms with Crippen LogP contribution in [0.25, 0.3) is 0 Å². The summed E-state index contributed by atoms with van der Waals surface area (Å²) in [7, 11) is 1.54. The molecule has 0 atom stereocenters. The number of likely N-dealkylation sites (N-methyl/N-ethyl adjacent to an activating group) is 1. The Balaban J connectivity index is 2.66. The van der Waals surface area contributed by atoms with Gasteiger partial charge in [-0.25, -0.2) is 4.98 Å². The lowest BCUT2D eigenvalue weighted by Crippen LogP contribution is -2.38. The summed E-state index contributed by atoms with van der Waals surface area (Å²) in [6.45, 7) is 2.53.